The maximum absolute atomic E-state index is 11.4. The van der Waals surface area contributed by atoms with Crippen LogP contribution in [0.3, 0.4) is 0 Å². The number of likely N-dealkylation sites (N-methyl/N-ethyl adjacent to an activating group) is 1. The van der Waals surface area contributed by atoms with E-state index in [2.05, 4.69) is 20.8 Å². The largest absolute Gasteiger partial charge is 0.497 e. The number of benzene rings is 2. The molecule has 1 aliphatic heterocycles. The molecule has 0 aromatic heterocycles. The second-order valence-electron chi connectivity index (χ2n) is 8.83. The molecule has 6 N–H and O–H groups in total. The van der Waals surface area contributed by atoms with Crippen molar-refractivity contribution in [1.82, 2.24) is 10.1 Å². The van der Waals surface area contributed by atoms with Gasteiger partial charge in [-0.1, -0.05) is 51.1 Å². The summed E-state index contributed by atoms with van der Waals surface area (Å²) in [6.45, 7) is 10.3. The summed E-state index contributed by atoms with van der Waals surface area (Å²) in [5.74, 6) is 1.53. The summed E-state index contributed by atoms with van der Waals surface area (Å²) < 4.78 is 10.1. The zero-order chi connectivity index (χ0) is 27.4. The van der Waals surface area contributed by atoms with Crippen molar-refractivity contribution in [3.05, 3.63) is 77.8 Å². The van der Waals surface area contributed by atoms with Gasteiger partial charge in [-0.05, 0) is 55.2 Å². The summed E-state index contributed by atoms with van der Waals surface area (Å²) in [5, 5.41) is 5.92. The molecule has 1 atom stereocenters. The van der Waals surface area contributed by atoms with Crippen LogP contribution in [0.25, 0.3) is 6.08 Å². The van der Waals surface area contributed by atoms with Crippen molar-refractivity contribution in [3.63, 3.8) is 0 Å². The third kappa shape index (κ3) is 11.5. The molecule has 0 spiro atoms. The smallest absolute Gasteiger partial charge is 0.330 e. The Hall–Kier alpha value is -1.53. The molecule has 2 radical (unpaired) electrons. The van der Waals surface area contributed by atoms with E-state index in [0.29, 0.717) is 24.0 Å². The van der Waals surface area contributed by atoms with Gasteiger partial charge in [0.2, 0.25) is 0 Å². The van der Waals surface area contributed by atoms with Crippen molar-refractivity contribution in [3.8, 4) is 5.75 Å². The molecule has 0 amide bonds. The molecule has 2 aromatic carbocycles. The minimum Gasteiger partial charge on any atom is -0.497 e. The monoisotopic (exact) mass is 556 g/mol. The number of hydrazine groups is 2. The van der Waals surface area contributed by atoms with Crippen LogP contribution in [0, 0.1) is 5.92 Å². The van der Waals surface area contributed by atoms with Crippen LogP contribution in [0.15, 0.2) is 72.2 Å². The van der Waals surface area contributed by atoms with Gasteiger partial charge < -0.3 is 26.7 Å². The topological polar surface area (TPSA) is 123 Å². The van der Waals surface area contributed by atoms with Gasteiger partial charge in [0.1, 0.15) is 17.7 Å². The van der Waals surface area contributed by atoms with Gasteiger partial charge >= 0.3 is 5.97 Å². The quantitative estimate of drug-likeness (QED) is 0.243. The molecule has 0 fully saturated rings. The summed E-state index contributed by atoms with van der Waals surface area (Å²) >= 11 is 0. The van der Waals surface area contributed by atoms with Gasteiger partial charge in [-0.2, -0.15) is 0 Å². The molecule has 11 heteroatoms. The minimum absolute atomic E-state index is 0. The van der Waals surface area contributed by atoms with Crippen LogP contribution >= 0.6 is 0 Å². The first-order valence-corrected chi connectivity index (χ1v) is 12.6. The summed E-state index contributed by atoms with van der Waals surface area (Å²) in [5.41, 5.74) is 20.7. The van der Waals surface area contributed by atoms with Crippen molar-refractivity contribution in [2.24, 2.45) is 23.1 Å². The Kier molecular flexibility index (Phi) is 18.8. The number of nitrogens with two attached hydrogens (primary N) is 3. The molecule has 3 rings (SSSR count). The van der Waals surface area contributed by atoms with Crippen LogP contribution in [-0.4, -0.2) is 108 Å². The Morgan fingerprint density at radius 1 is 1.00 bits per heavy atom. The Morgan fingerprint density at radius 3 is 2.13 bits per heavy atom. The van der Waals surface area contributed by atoms with E-state index in [9.17, 15) is 4.79 Å². The van der Waals surface area contributed by atoms with Gasteiger partial charge in [0.25, 0.3) is 0 Å². The van der Waals surface area contributed by atoms with Crippen molar-refractivity contribution in [1.29, 1.82) is 0 Å². The zero-order valence-electron chi connectivity index (χ0n) is 24.6. The number of carbonyl (C=O) groups excluding carboxylic acids is 1. The molecule has 0 aliphatic carbocycles. The first kappa shape index (κ1) is 37.5. The molecule has 1 aliphatic rings. The summed E-state index contributed by atoms with van der Waals surface area (Å²) in [6.07, 6.45) is 3.69. The molecule has 2 aromatic rings. The number of methoxy groups -OCH3 is 1. The van der Waals surface area contributed by atoms with Crippen LogP contribution < -0.4 is 26.9 Å². The van der Waals surface area contributed by atoms with E-state index in [1.165, 1.54) is 6.08 Å². The molecular formula is C28H42N6Na2O3. The average molecular weight is 557 g/mol. The Morgan fingerprint density at radius 2 is 1.62 bits per heavy atom. The number of anilines is 1. The molecule has 204 valence electrons. The van der Waals surface area contributed by atoms with Gasteiger partial charge in [0, 0.05) is 78.3 Å². The molecule has 0 saturated carbocycles. The van der Waals surface area contributed by atoms with Gasteiger partial charge in [0.05, 0.1) is 25.1 Å². The molecule has 0 saturated heterocycles. The SMILES string of the molecule is CCN1C(N)C(N)=C(N)N(c2ccccc2)N1CC.COc1ccc(C=CC(=O)OCCC(C)C)cc1.[Na].[Na]. The number of ether oxygens (including phenoxy) is 2. The normalized spacial score (nSPS) is 15.8. The maximum Gasteiger partial charge on any atom is 0.330 e. The van der Waals surface area contributed by atoms with Crippen molar-refractivity contribution < 1.29 is 14.3 Å². The third-order valence-electron chi connectivity index (χ3n) is 5.77. The number of esters is 1. The number of rotatable bonds is 9. The van der Waals surface area contributed by atoms with E-state index >= 15 is 0 Å². The van der Waals surface area contributed by atoms with Crippen LogP contribution in [-0.2, 0) is 9.53 Å². The van der Waals surface area contributed by atoms with Gasteiger partial charge in [-0.25, -0.2) is 14.8 Å². The molecule has 0 bridgehead atoms. The van der Waals surface area contributed by atoms with Gasteiger partial charge in [-0.3, -0.25) is 0 Å². The van der Waals surface area contributed by atoms with E-state index in [0.717, 1.165) is 36.5 Å². The number of hydrogen-bond acceptors (Lipinski definition) is 9. The van der Waals surface area contributed by atoms with Crippen LogP contribution in [0.5, 0.6) is 5.75 Å². The molecular weight excluding hydrogens is 514 g/mol. The van der Waals surface area contributed by atoms with Gasteiger partial charge in [0.15, 0.2) is 0 Å². The summed E-state index contributed by atoms with van der Waals surface area (Å²) in [6, 6.07) is 17.4. The van der Waals surface area contributed by atoms with Crippen molar-refractivity contribution in [2.45, 2.75) is 40.3 Å². The molecule has 39 heavy (non-hydrogen) atoms. The van der Waals surface area contributed by atoms with Crippen molar-refractivity contribution in [2.75, 3.05) is 31.8 Å². The Balaban J connectivity index is 0.000000706. The van der Waals surface area contributed by atoms with E-state index in [1.54, 1.807) is 13.2 Å². The van der Waals surface area contributed by atoms with Crippen molar-refractivity contribution >= 4 is 76.8 Å². The number of nitrogens with zero attached hydrogens (tertiary/aromatic N) is 3. The Bertz CT molecular complexity index is 1040. The third-order valence-corrected chi connectivity index (χ3v) is 5.77. The molecule has 1 heterocycles. The maximum atomic E-state index is 11.4. The standard InChI is InChI=1S/C15H20O3.C13H22N6.2Na/c1-12(2)10-11-18-15(16)9-6-13-4-7-14(17-3)8-5-13;1-3-17-12(15)11(14)13(16)19(18(17)4-2)10-8-6-5-7-9-10;;/h4-9,12H,10-11H2,1-3H3;5-9,12H,3-4,14-16H2,1-2H3;;. The molecule has 1 unspecified atom stereocenters. The number of hydrogen-bond donors (Lipinski definition) is 3. The zero-order valence-corrected chi connectivity index (χ0v) is 28.6. The fraction of sp³-hybridized carbons (Fsp3) is 0.393. The van der Waals surface area contributed by atoms with E-state index in [1.807, 2.05) is 76.7 Å². The fourth-order valence-electron chi connectivity index (χ4n) is 3.66. The predicted octanol–water partition coefficient (Wildman–Crippen LogP) is 2.89. The van der Waals surface area contributed by atoms with E-state index in [-0.39, 0.29) is 71.2 Å². The van der Waals surface area contributed by atoms with Crippen LogP contribution in [0.1, 0.15) is 39.7 Å². The summed E-state index contributed by atoms with van der Waals surface area (Å²) in [4.78, 5) is 11.4. The van der Waals surface area contributed by atoms with Crippen LogP contribution in [0.2, 0.25) is 0 Å². The minimum atomic E-state index is -0.384. The predicted molar refractivity (Wildman–Crippen MR) is 161 cm³/mol. The summed E-state index contributed by atoms with van der Waals surface area (Å²) in [7, 11) is 1.62. The Labute approximate surface area is 277 Å². The molecule has 9 nitrogen and oxygen atoms in total. The average Bonchev–Trinajstić information content (AvgIpc) is 2.91. The number of carbonyl (C=O) groups is 1. The van der Waals surface area contributed by atoms with E-state index in [4.69, 9.17) is 26.7 Å². The first-order valence-electron chi connectivity index (χ1n) is 12.6. The number of para-hydroxylation sites is 1. The van der Waals surface area contributed by atoms with E-state index < -0.39 is 0 Å². The van der Waals surface area contributed by atoms with Gasteiger partial charge in [-0.15, -0.1) is 5.12 Å². The fourth-order valence-corrected chi connectivity index (χ4v) is 3.66. The van der Waals surface area contributed by atoms with Crippen LogP contribution in [0.4, 0.5) is 5.69 Å². The second kappa shape index (κ2) is 19.5. The first-order chi connectivity index (χ1) is 17.7. The second-order valence-corrected chi connectivity index (χ2v) is 8.83.